The number of fused-ring (bicyclic) bond motifs is 1. The molecule has 0 saturated carbocycles. The summed E-state index contributed by atoms with van der Waals surface area (Å²) < 4.78 is 0.930. The molecule has 0 unspecified atom stereocenters. The highest BCUT2D eigenvalue weighted by atomic mass is 79.9. The number of carbonyl (C=O) groups is 1. The van der Waals surface area contributed by atoms with E-state index in [0.29, 0.717) is 11.4 Å². The molecular weight excluding hydrogens is 318 g/mol. The van der Waals surface area contributed by atoms with Gasteiger partial charge in [0.1, 0.15) is 5.82 Å². The van der Waals surface area contributed by atoms with Crippen molar-refractivity contribution in [3.05, 3.63) is 51.6 Å². The van der Waals surface area contributed by atoms with Crippen LogP contribution in [0.15, 0.2) is 34.8 Å². The highest BCUT2D eigenvalue weighted by Crippen LogP contribution is 2.23. The fourth-order valence-electron chi connectivity index (χ4n) is 2.25. The second-order valence-electron chi connectivity index (χ2n) is 4.77. The Kier molecular flexibility index (Phi) is 3.44. The molecule has 0 saturated heterocycles. The van der Waals surface area contributed by atoms with Crippen LogP contribution >= 0.6 is 15.9 Å². The summed E-state index contributed by atoms with van der Waals surface area (Å²) in [7, 11) is 0. The number of amides is 1. The fourth-order valence-corrected chi connectivity index (χ4v) is 2.47. The molecule has 1 aromatic carbocycles. The van der Waals surface area contributed by atoms with Crippen molar-refractivity contribution in [3.63, 3.8) is 0 Å². The number of aromatic nitrogens is 1. The molecule has 0 spiro atoms. The summed E-state index contributed by atoms with van der Waals surface area (Å²) in [6.07, 6.45) is 0.964. The van der Waals surface area contributed by atoms with E-state index in [4.69, 9.17) is 0 Å². The molecule has 5 heteroatoms. The number of benzene rings is 1. The van der Waals surface area contributed by atoms with Gasteiger partial charge in [0.15, 0.2) is 0 Å². The van der Waals surface area contributed by atoms with Gasteiger partial charge in [-0.25, -0.2) is 4.98 Å². The smallest absolute Gasteiger partial charge is 0.256 e. The Hall–Kier alpha value is -1.88. The van der Waals surface area contributed by atoms with Crippen LogP contribution in [-0.4, -0.2) is 17.4 Å². The largest absolute Gasteiger partial charge is 0.384 e. The minimum Gasteiger partial charge on any atom is -0.384 e. The quantitative estimate of drug-likeness (QED) is 0.887. The zero-order chi connectivity index (χ0) is 14.1. The number of nitrogens with one attached hydrogen (secondary N) is 2. The molecule has 1 aromatic heterocycles. The van der Waals surface area contributed by atoms with Gasteiger partial charge in [0, 0.05) is 22.3 Å². The molecule has 0 bridgehead atoms. The Balaban J connectivity index is 1.80. The SMILES string of the molecule is Cc1nc(NC(=O)c2ccc3c(c2)CCN3)ccc1Br. The number of carbonyl (C=O) groups excluding carboxylic acids is 1. The standard InChI is InChI=1S/C15H14BrN3O/c1-9-12(16)3-5-14(18-9)19-15(20)11-2-4-13-10(8-11)6-7-17-13/h2-5,8,17H,6-7H2,1H3,(H,18,19,20). The highest BCUT2D eigenvalue weighted by molar-refractivity contribution is 9.10. The van der Waals surface area contributed by atoms with Gasteiger partial charge in [0.05, 0.1) is 5.69 Å². The van der Waals surface area contributed by atoms with E-state index >= 15 is 0 Å². The first-order valence-electron chi connectivity index (χ1n) is 6.45. The minimum atomic E-state index is -0.131. The van der Waals surface area contributed by atoms with E-state index in [1.165, 1.54) is 5.56 Å². The summed E-state index contributed by atoms with van der Waals surface area (Å²) in [6, 6.07) is 9.39. The second-order valence-corrected chi connectivity index (χ2v) is 5.62. The molecule has 4 nitrogen and oxygen atoms in total. The Morgan fingerprint density at radius 2 is 2.20 bits per heavy atom. The first kappa shape index (κ1) is 13.1. The molecule has 0 fully saturated rings. The van der Waals surface area contributed by atoms with Gasteiger partial charge in [-0.3, -0.25) is 4.79 Å². The summed E-state index contributed by atoms with van der Waals surface area (Å²) in [5, 5.41) is 6.11. The van der Waals surface area contributed by atoms with Crippen LogP contribution in [0.25, 0.3) is 0 Å². The van der Waals surface area contributed by atoms with Crippen LogP contribution in [0.3, 0.4) is 0 Å². The van der Waals surface area contributed by atoms with E-state index in [2.05, 4.69) is 31.5 Å². The van der Waals surface area contributed by atoms with Crippen molar-refractivity contribution in [1.29, 1.82) is 0 Å². The highest BCUT2D eigenvalue weighted by Gasteiger charge is 2.14. The number of pyridine rings is 1. The molecule has 1 aliphatic rings. The summed E-state index contributed by atoms with van der Waals surface area (Å²) in [5.41, 5.74) is 3.83. The summed E-state index contributed by atoms with van der Waals surface area (Å²) >= 11 is 3.39. The van der Waals surface area contributed by atoms with Crippen LogP contribution in [0.4, 0.5) is 11.5 Å². The van der Waals surface area contributed by atoms with E-state index in [0.717, 1.165) is 28.8 Å². The molecular formula is C15H14BrN3O. The van der Waals surface area contributed by atoms with Crippen LogP contribution in [-0.2, 0) is 6.42 Å². The van der Waals surface area contributed by atoms with Gasteiger partial charge in [-0.2, -0.15) is 0 Å². The van der Waals surface area contributed by atoms with Crippen molar-refractivity contribution < 1.29 is 4.79 Å². The number of hydrogen-bond donors (Lipinski definition) is 2. The maximum absolute atomic E-state index is 12.2. The summed E-state index contributed by atoms with van der Waals surface area (Å²) in [4.78, 5) is 16.5. The lowest BCUT2D eigenvalue weighted by atomic mass is 10.1. The molecule has 3 rings (SSSR count). The van der Waals surface area contributed by atoms with Gasteiger partial charge in [-0.15, -0.1) is 0 Å². The molecule has 1 aliphatic heterocycles. The zero-order valence-electron chi connectivity index (χ0n) is 11.0. The molecule has 2 N–H and O–H groups in total. The number of nitrogens with zero attached hydrogens (tertiary/aromatic N) is 1. The molecule has 2 heterocycles. The van der Waals surface area contributed by atoms with Gasteiger partial charge >= 0.3 is 0 Å². The van der Waals surface area contributed by atoms with Crippen molar-refractivity contribution in [1.82, 2.24) is 4.98 Å². The van der Waals surface area contributed by atoms with E-state index in [-0.39, 0.29) is 5.91 Å². The lowest BCUT2D eigenvalue weighted by molar-refractivity contribution is 0.102. The predicted octanol–water partition coefficient (Wildman–Crippen LogP) is 3.37. The lowest BCUT2D eigenvalue weighted by Crippen LogP contribution is -2.13. The fraction of sp³-hybridized carbons (Fsp3) is 0.200. The number of anilines is 2. The van der Waals surface area contributed by atoms with Crippen molar-refractivity contribution in [2.24, 2.45) is 0 Å². The third-order valence-electron chi connectivity index (χ3n) is 3.34. The van der Waals surface area contributed by atoms with Crippen LogP contribution in [0.5, 0.6) is 0 Å². The molecule has 0 radical (unpaired) electrons. The van der Waals surface area contributed by atoms with Crippen molar-refractivity contribution >= 4 is 33.3 Å². The number of hydrogen-bond acceptors (Lipinski definition) is 3. The van der Waals surface area contributed by atoms with Crippen LogP contribution in [0.1, 0.15) is 21.6 Å². The topological polar surface area (TPSA) is 54.0 Å². The number of halogens is 1. The normalized spacial score (nSPS) is 12.7. The molecule has 0 atom stereocenters. The van der Waals surface area contributed by atoms with Gasteiger partial charge in [0.25, 0.3) is 5.91 Å². The minimum absolute atomic E-state index is 0.131. The van der Waals surface area contributed by atoms with Crippen LogP contribution in [0.2, 0.25) is 0 Å². The van der Waals surface area contributed by atoms with Crippen LogP contribution < -0.4 is 10.6 Å². The third kappa shape index (κ3) is 2.54. The average Bonchev–Trinajstić information content (AvgIpc) is 2.90. The summed E-state index contributed by atoms with van der Waals surface area (Å²) in [5.74, 6) is 0.434. The predicted molar refractivity (Wildman–Crippen MR) is 83.3 cm³/mol. The molecule has 0 aliphatic carbocycles. The Morgan fingerprint density at radius 3 is 3.00 bits per heavy atom. The van der Waals surface area contributed by atoms with Crippen molar-refractivity contribution in [2.45, 2.75) is 13.3 Å². The second kappa shape index (κ2) is 5.25. The van der Waals surface area contributed by atoms with Crippen molar-refractivity contribution in [3.8, 4) is 0 Å². The van der Waals surface area contributed by atoms with Crippen molar-refractivity contribution in [2.75, 3.05) is 17.2 Å². The van der Waals surface area contributed by atoms with Gasteiger partial charge in [0.2, 0.25) is 0 Å². The lowest BCUT2D eigenvalue weighted by Gasteiger charge is -2.07. The summed E-state index contributed by atoms with van der Waals surface area (Å²) in [6.45, 7) is 2.83. The Morgan fingerprint density at radius 1 is 1.35 bits per heavy atom. The average molecular weight is 332 g/mol. The molecule has 102 valence electrons. The van der Waals surface area contributed by atoms with Gasteiger partial charge in [-0.1, -0.05) is 0 Å². The van der Waals surface area contributed by atoms with E-state index in [1.54, 1.807) is 6.07 Å². The maximum Gasteiger partial charge on any atom is 0.256 e. The maximum atomic E-state index is 12.2. The molecule has 20 heavy (non-hydrogen) atoms. The molecule has 1 amide bonds. The number of aryl methyl sites for hydroxylation is 1. The first-order valence-corrected chi connectivity index (χ1v) is 7.24. The monoisotopic (exact) mass is 331 g/mol. The first-order chi connectivity index (χ1) is 9.63. The zero-order valence-corrected chi connectivity index (χ0v) is 12.6. The van der Waals surface area contributed by atoms with Crippen LogP contribution in [0, 0.1) is 6.92 Å². The van der Waals surface area contributed by atoms with E-state index in [1.807, 2.05) is 31.2 Å². The third-order valence-corrected chi connectivity index (χ3v) is 4.18. The Bertz CT molecular complexity index is 685. The van der Waals surface area contributed by atoms with E-state index in [9.17, 15) is 4.79 Å². The van der Waals surface area contributed by atoms with Gasteiger partial charge < -0.3 is 10.6 Å². The van der Waals surface area contributed by atoms with Gasteiger partial charge in [-0.05, 0) is 65.2 Å². The molecule has 2 aromatic rings. The number of rotatable bonds is 2. The van der Waals surface area contributed by atoms with E-state index < -0.39 is 0 Å². The Labute approximate surface area is 125 Å².